The largest absolute Gasteiger partial charge is 0.477 e. The molecule has 27 heavy (non-hydrogen) atoms. The van der Waals surface area contributed by atoms with Crippen molar-refractivity contribution in [2.75, 3.05) is 13.7 Å². The minimum atomic E-state index is -4.42. The number of hydrogen-bond donors (Lipinski definition) is 2. The van der Waals surface area contributed by atoms with E-state index in [1.807, 2.05) is 12.1 Å². The Morgan fingerprint density at radius 3 is 2.67 bits per heavy atom. The standard InChI is InChI=1S/C17H20F3N5OS/c1-21-16(24-8-15-25-13(10-27-15)17(18,19)20)23-7-12-4-5-14(22-6-12)26-9-11-2-3-11/h4-6,10-11H,2-3,7-9H2,1H3,(H2,21,23,24). The van der Waals surface area contributed by atoms with E-state index in [2.05, 4.69) is 25.6 Å². The zero-order valence-electron chi connectivity index (χ0n) is 14.7. The second-order valence-electron chi connectivity index (χ2n) is 6.16. The maximum absolute atomic E-state index is 12.6. The van der Waals surface area contributed by atoms with E-state index in [4.69, 9.17) is 4.74 Å². The molecule has 0 bridgehead atoms. The number of aliphatic imine (C=N–C) groups is 1. The Bertz CT molecular complexity index is 772. The smallest absolute Gasteiger partial charge is 0.434 e. The van der Waals surface area contributed by atoms with Crippen LogP contribution in [0.5, 0.6) is 5.88 Å². The first kappa shape index (κ1) is 19.4. The lowest BCUT2D eigenvalue weighted by molar-refractivity contribution is -0.140. The number of rotatable bonds is 7. The monoisotopic (exact) mass is 399 g/mol. The second-order valence-corrected chi connectivity index (χ2v) is 7.11. The average molecular weight is 399 g/mol. The predicted octanol–water partition coefficient (Wildman–Crippen LogP) is 3.21. The summed E-state index contributed by atoms with van der Waals surface area (Å²) in [5.41, 5.74) is 0.0626. The van der Waals surface area contributed by atoms with E-state index in [0.29, 0.717) is 35.9 Å². The van der Waals surface area contributed by atoms with Crippen LogP contribution >= 0.6 is 11.3 Å². The summed E-state index contributed by atoms with van der Waals surface area (Å²) in [5.74, 6) is 1.75. The fourth-order valence-corrected chi connectivity index (χ4v) is 2.92. The van der Waals surface area contributed by atoms with Gasteiger partial charge in [0.25, 0.3) is 0 Å². The van der Waals surface area contributed by atoms with Crippen molar-refractivity contribution in [3.05, 3.63) is 40.0 Å². The molecule has 0 aromatic carbocycles. The molecule has 1 saturated carbocycles. The van der Waals surface area contributed by atoms with Crippen LogP contribution in [0.3, 0.4) is 0 Å². The van der Waals surface area contributed by atoms with Gasteiger partial charge < -0.3 is 15.4 Å². The van der Waals surface area contributed by atoms with Crippen molar-refractivity contribution in [3.63, 3.8) is 0 Å². The van der Waals surface area contributed by atoms with Crippen LogP contribution in [0.25, 0.3) is 0 Å². The number of aromatic nitrogens is 2. The third-order valence-corrected chi connectivity index (χ3v) is 4.74. The minimum Gasteiger partial charge on any atom is -0.477 e. The predicted molar refractivity (Wildman–Crippen MR) is 96.6 cm³/mol. The maximum Gasteiger partial charge on any atom is 0.434 e. The van der Waals surface area contributed by atoms with E-state index in [-0.39, 0.29) is 6.54 Å². The second kappa shape index (κ2) is 8.55. The summed E-state index contributed by atoms with van der Waals surface area (Å²) in [6, 6.07) is 3.73. The van der Waals surface area contributed by atoms with Crippen molar-refractivity contribution in [1.29, 1.82) is 0 Å². The number of halogens is 3. The van der Waals surface area contributed by atoms with Gasteiger partial charge in [-0.3, -0.25) is 4.99 Å². The van der Waals surface area contributed by atoms with Crippen LogP contribution < -0.4 is 15.4 Å². The summed E-state index contributed by atoms with van der Waals surface area (Å²) in [7, 11) is 1.59. The SMILES string of the molecule is CN=C(NCc1ccc(OCC2CC2)nc1)NCc1nc(C(F)(F)F)cs1. The van der Waals surface area contributed by atoms with Gasteiger partial charge in [-0.15, -0.1) is 11.3 Å². The zero-order valence-corrected chi connectivity index (χ0v) is 15.5. The van der Waals surface area contributed by atoms with Crippen molar-refractivity contribution >= 4 is 17.3 Å². The molecule has 0 unspecified atom stereocenters. The Hall–Kier alpha value is -2.36. The molecule has 2 N–H and O–H groups in total. The molecule has 1 aliphatic rings. The summed E-state index contributed by atoms with van der Waals surface area (Å²) in [5, 5.41) is 7.37. The van der Waals surface area contributed by atoms with Crippen LogP contribution in [0.15, 0.2) is 28.7 Å². The lowest BCUT2D eigenvalue weighted by Gasteiger charge is -2.11. The first-order chi connectivity index (χ1) is 12.9. The van der Waals surface area contributed by atoms with E-state index in [1.165, 1.54) is 12.8 Å². The lowest BCUT2D eigenvalue weighted by atomic mass is 10.3. The first-order valence-corrected chi connectivity index (χ1v) is 9.36. The molecule has 0 radical (unpaired) electrons. The highest BCUT2D eigenvalue weighted by molar-refractivity contribution is 7.09. The van der Waals surface area contributed by atoms with Crippen LogP contribution in [0.2, 0.25) is 0 Å². The summed E-state index contributed by atoms with van der Waals surface area (Å²) in [6.45, 7) is 1.35. The topological polar surface area (TPSA) is 71.4 Å². The number of thiazole rings is 1. The van der Waals surface area contributed by atoms with E-state index in [0.717, 1.165) is 22.3 Å². The number of alkyl halides is 3. The van der Waals surface area contributed by atoms with Crippen molar-refractivity contribution in [2.45, 2.75) is 32.1 Å². The van der Waals surface area contributed by atoms with Gasteiger partial charge >= 0.3 is 6.18 Å². The van der Waals surface area contributed by atoms with Crippen molar-refractivity contribution in [3.8, 4) is 5.88 Å². The molecule has 0 saturated heterocycles. The number of guanidine groups is 1. The minimum absolute atomic E-state index is 0.159. The molecule has 2 heterocycles. The summed E-state index contributed by atoms with van der Waals surface area (Å²) >= 11 is 0.956. The van der Waals surface area contributed by atoms with E-state index in [1.54, 1.807) is 13.2 Å². The molecular weight excluding hydrogens is 379 g/mol. The van der Waals surface area contributed by atoms with Crippen molar-refractivity contribution in [1.82, 2.24) is 20.6 Å². The van der Waals surface area contributed by atoms with Crippen LogP contribution in [-0.2, 0) is 19.3 Å². The molecular formula is C17H20F3N5OS. The van der Waals surface area contributed by atoms with Gasteiger partial charge in [0, 0.05) is 31.2 Å². The number of pyridine rings is 1. The van der Waals surface area contributed by atoms with Gasteiger partial charge in [-0.05, 0) is 24.3 Å². The summed E-state index contributed by atoms with van der Waals surface area (Å²) in [4.78, 5) is 11.9. The highest BCUT2D eigenvalue weighted by Gasteiger charge is 2.33. The summed E-state index contributed by atoms with van der Waals surface area (Å²) < 4.78 is 43.3. The molecule has 1 aliphatic carbocycles. The molecule has 10 heteroatoms. The van der Waals surface area contributed by atoms with Crippen LogP contribution in [0.1, 0.15) is 29.1 Å². The fraction of sp³-hybridized carbons (Fsp3) is 0.471. The maximum atomic E-state index is 12.6. The molecule has 0 atom stereocenters. The van der Waals surface area contributed by atoms with E-state index >= 15 is 0 Å². The molecule has 6 nitrogen and oxygen atoms in total. The van der Waals surface area contributed by atoms with Gasteiger partial charge in [-0.1, -0.05) is 6.07 Å². The molecule has 1 fully saturated rings. The summed E-state index contributed by atoms with van der Waals surface area (Å²) in [6.07, 6.45) is -0.242. The average Bonchev–Trinajstić information content (AvgIpc) is 3.35. The van der Waals surface area contributed by atoms with Gasteiger partial charge in [0.05, 0.1) is 13.2 Å². The number of hydrogen-bond acceptors (Lipinski definition) is 5. The van der Waals surface area contributed by atoms with Gasteiger partial charge in [0.15, 0.2) is 11.7 Å². The fourth-order valence-electron chi connectivity index (χ4n) is 2.18. The first-order valence-electron chi connectivity index (χ1n) is 8.48. The highest BCUT2D eigenvalue weighted by Crippen LogP contribution is 2.30. The molecule has 0 spiro atoms. The van der Waals surface area contributed by atoms with Gasteiger partial charge in [-0.25, -0.2) is 9.97 Å². The number of nitrogens with one attached hydrogen (secondary N) is 2. The molecule has 0 aliphatic heterocycles. The van der Waals surface area contributed by atoms with Gasteiger partial charge in [0.2, 0.25) is 5.88 Å². The number of ether oxygens (including phenoxy) is 1. The van der Waals surface area contributed by atoms with Gasteiger partial charge in [-0.2, -0.15) is 13.2 Å². The van der Waals surface area contributed by atoms with Crippen molar-refractivity contribution in [2.24, 2.45) is 10.9 Å². The highest BCUT2D eigenvalue weighted by atomic mass is 32.1. The van der Waals surface area contributed by atoms with E-state index in [9.17, 15) is 13.2 Å². The molecule has 2 aromatic rings. The Balaban J connectivity index is 1.43. The van der Waals surface area contributed by atoms with Crippen LogP contribution in [-0.4, -0.2) is 29.6 Å². The molecule has 0 amide bonds. The van der Waals surface area contributed by atoms with Crippen LogP contribution in [0.4, 0.5) is 13.2 Å². The van der Waals surface area contributed by atoms with Gasteiger partial charge in [0.1, 0.15) is 5.01 Å². The van der Waals surface area contributed by atoms with Crippen LogP contribution in [0, 0.1) is 5.92 Å². The molecule has 146 valence electrons. The molecule has 2 aromatic heterocycles. The normalized spacial score (nSPS) is 14.9. The Morgan fingerprint density at radius 2 is 2.07 bits per heavy atom. The quantitative estimate of drug-likeness (QED) is 0.553. The van der Waals surface area contributed by atoms with E-state index < -0.39 is 11.9 Å². The zero-order chi connectivity index (χ0) is 19.3. The third kappa shape index (κ3) is 6.09. The Kier molecular flexibility index (Phi) is 6.15. The number of nitrogens with zero attached hydrogens (tertiary/aromatic N) is 3. The van der Waals surface area contributed by atoms with Crippen molar-refractivity contribution < 1.29 is 17.9 Å². The third-order valence-electron chi connectivity index (χ3n) is 3.89. The Morgan fingerprint density at radius 1 is 1.30 bits per heavy atom. The Labute approximate surface area is 158 Å². The lowest BCUT2D eigenvalue weighted by Crippen LogP contribution is -2.36. The molecule has 3 rings (SSSR count).